The maximum Gasteiger partial charge on any atom is 0.335 e. The number of hydrogen-bond donors (Lipinski definition) is 1. The molecule has 5 nitrogen and oxygen atoms in total. The molecule has 0 saturated heterocycles. The third-order valence-electron chi connectivity index (χ3n) is 2.75. The first-order valence-electron chi connectivity index (χ1n) is 6.36. The van der Waals surface area contributed by atoms with Gasteiger partial charge in [0.2, 0.25) is 0 Å². The summed E-state index contributed by atoms with van der Waals surface area (Å²) in [5.41, 5.74) is 1.46. The zero-order chi connectivity index (χ0) is 15.7. The number of carboxylic acid groups (broad SMARTS) is 1. The van der Waals surface area contributed by atoms with Crippen LogP contribution in [-0.2, 0) is 9.53 Å². The number of carbonyl (C=O) groups is 1. The molecule has 0 aromatic rings. The van der Waals surface area contributed by atoms with Crippen molar-refractivity contribution < 1.29 is 14.6 Å². The van der Waals surface area contributed by atoms with Crippen molar-refractivity contribution in [3.63, 3.8) is 0 Å². The molecule has 0 amide bonds. The van der Waals surface area contributed by atoms with Crippen molar-refractivity contribution >= 4 is 11.8 Å². The van der Waals surface area contributed by atoms with Crippen molar-refractivity contribution in [2.24, 2.45) is 4.99 Å². The summed E-state index contributed by atoms with van der Waals surface area (Å²) in [4.78, 5) is 17.4. The molecule has 1 N–H and O–H groups in total. The third kappa shape index (κ3) is 6.33. The predicted octanol–water partition coefficient (Wildman–Crippen LogP) is 2.47. The average Bonchev–Trinajstić information content (AvgIpc) is 2.39. The molecule has 0 saturated carbocycles. The van der Waals surface area contributed by atoms with Gasteiger partial charge in [-0.05, 0) is 32.4 Å². The normalized spacial score (nSPS) is 13.3. The van der Waals surface area contributed by atoms with Crippen LogP contribution >= 0.6 is 0 Å². The van der Waals surface area contributed by atoms with E-state index < -0.39 is 5.97 Å². The number of amidine groups is 1. The van der Waals surface area contributed by atoms with Crippen LogP contribution in [0.4, 0.5) is 0 Å². The van der Waals surface area contributed by atoms with Gasteiger partial charge in [-0.15, -0.1) is 0 Å². The van der Waals surface area contributed by atoms with Gasteiger partial charge in [0.05, 0.1) is 17.9 Å². The third-order valence-corrected chi connectivity index (χ3v) is 2.75. The molecule has 0 heterocycles. The molecule has 0 aromatic heterocycles. The Morgan fingerprint density at radius 1 is 1.45 bits per heavy atom. The van der Waals surface area contributed by atoms with Crippen molar-refractivity contribution in [3.8, 4) is 0 Å². The van der Waals surface area contributed by atoms with Gasteiger partial charge in [0.25, 0.3) is 0 Å². The van der Waals surface area contributed by atoms with E-state index >= 15 is 0 Å². The minimum absolute atomic E-state index is 0.194. The van der Waals surface area contributed by atoms with Crippen LogP contribution in [0.15, 0.2) is 40.6 Å². The van der Waals surface area contributed by atoms with E-state index in [1.807, 2.05) is 18.9 Å². The number of ether oxygens (including phenoxy) is 1. The summed E-state index contributed by atoms with van der Waals surface area (Å²) in [6.07, 6.45) is 3.06. The van der Waals surface area contributed by atoms with Crippen LogP contribution in [0.3, 0.4) is 0 Å². The Kier molecular flexibility index (Phi) is 8.24. The second-order valence-corrected chi connectivity index (χ2v) is 4.43. The van der Waals surface area contributed by atoms with Gasteiger partial charge in [-0.25, -0.2) is 9.79 Å². The molecule has 0 aliphatic heterocycles. The van der Waals surface area contributed by atoms with Crippen LogP contribution in [0.5, 0.6) is 0 Å². The monoisotopic (exact) mass is 280 g/mol. The highest BCUT2D eigenvalue weighted by molar-refractivity contribution is 5.90. The molecule has 0 aromatic carbocycles. The number of aliphatic imine (C=N–C) groups is 1. The van der Waals surface area contributed by atoms with Gasteiger partial charge in [-0.3, -0.25) is 0 Å². The molecule has 0 rings (SSSR count). The Morgan fingerprint density at radius 2 is 2.05 bits per heavy atom. The van der Waals surface area contributed by atoms with Crippen molar-refractivity contribution in [2.75, 3.05) is 27.3 Å². The number of nitrogens with zero attached hydrogens (tertiary/aromatic N) is 2. The molecule has 0 aliphatic rings. The molecule has 0 unspecified atom stereocenters. The topological polar surface area (TPSA) is 62.1 Å². The highest BCUT2D eigenvalue weighted by Crippen LogP contribution is 2.13. The highest BCUT2D eigenvalue weighted by Gasteiger charge is 2.07. The summed E-state index contributed by atoms with van der Waals surface area (Å²) in [7, 11) is 3.55. The molecule has 112 valence electrons. The summed E-state index contributed by atoms with van der Waals surface area (Å²) in [5, 5.41) is 9.05. The van der Waals surface area contributed by atoms with Gasteiger partial charge in [0.15, 0.2) is 0 Å². The van der Waals surface area contributed by atoms with Crippen LogP contribution < -0.4 is 0 Å². The van der Waals surface area contributed by atoms with E-state index in [4.69, 9.17) is 9.84 Å². The molecule has 0 aliphatic carbocycles. The van der Waals surface area contributed by atoms with Crippen LogP contribution in [0.2, 0.25) is 0 Å². The molecule has 0 radical (unpaired) electrons. The molecule has 0 spiro atoms. The molecule has 0 atom stereocenters. The number of allylic oxidation sites excluding steroid dienone is 2. The first-order valence-corrected chi connectivity index (χ1v) is 6.36. The van der Waals surface area contributed by atoms with E-state index in [0.717, 1.165) is 5.84 Å². The number of rotatable bonds is 7. The summed E-state index contributed by atoms with van der Waals surface area (Å²) in [5.74, 6) is -0.205. The zero-order valence-corrected chi connectivity index (χ0v) is 12.9. The number of likely N-dealkylation sites (N-methyl/N-ethyl adjacent to an activating group) is 1. The van der Waals surface area contributed by atoms with E-state index in [1.165, 1.54) is 12.2 Å². The lowest BCUT2D eigenvalue weighted by atomic mass is 10.1. The minimum Gasteiger partial charge on any atom is -0.478 e. The predicted molar refractivity (Wildman–Crippen MR) is 81.9 cm³/mol. The lowest BCUT2D eigenvalue weighted by Gasteiger charge is -2.18. The van der Waals surface area contributed by atoms with Crippen molar-refractivity contribution in [2.45, 2.75) is 20.8 Å². The lowest BCUT2D eigenvalue weighted by Crippen LogP contribution is -2.28. The summed E-state index contributed by atoms with van der Waals surface area (Å²) in [6, 6.07) is 0. The van der Waals surface area contributed by atoms with E-state index in [2.05, 4.69) is 11.6 Å². The number of hydrogen-bond acceptors (Lipinski definition) is 3. The van der Waals surface area contributed by atoms with Gasteiger partial charge < -0.3 is 14.7 Å². The number of methoxy groups -OCH3 is 1. The second kappa shape index (κ2) is 9.09. The van der Waals surface area contributed by atoms with Crippen LogP contribution in [0, 0.1) is 0 Å². The SMILES string of the molecule is C=C(C)C(=CC(=CC)C(=O)O)N=C(C)N(C)CCOC. The van der Waals surface area contributed by atoms with Gasteiger partial charge in [0.1, 0.15) is 5.84 Å². The number of carboxylic acids is 1. The van der Waals surface area contributed by atoms with E-state index in [0.29, 0.717) is 24.4 Å². The van der Waals surface area contributed by atoms with Crippen LogP contribution in [-0.4, -0.2) is 49.1 Å². The standard InChI is InChI=1S/C15H24N2O3/c1-7-13(15(18)19)10-14(11(2)3)16-12(4)17(5)8-9-20-6/h7,10H,2,8-9H2,1,3-6H3,(H,18,19). The largest absolute Gasteiger partial charge is 0.478 e. The maximum atomic E-state index is 11.0. The molecule has 20 heavy (non-hydrogen) atoms. The quantitative estimate of drug-likeness (QED) is 0.337. The van der Waals surface area contributed by atoms with Gasteiger partial charge >= 0.3 is 5.97 Å². The highest BCUT2D eigenvalue weighted by atomic mass is 16.5. The fourth-order valence-electron chi connectivity index (χ4n) is 1.32. The minimum atomic E-state index is -0.980. The first-order chi connectivity index (χ1) is 9.33. The fraction of sp³-hybridized carbons (Fsp3) is 0.467. The zero-order valence-electron chi connectivity index (χ0n) is 12.9. The summed E-state index contributed by atoms with van der Waals surface area (Å²) in [6.45, 7) is 10.5. The van der Waals surface area contributed by atoms with Crippen molar-refractivity contribution in [3.05, 3.63) is 35.6 Å². The van der Waals surface area contributed by atoms with Gasteiger partial charge in [-0.1, -0.05) is 12.7 Å². The van der Waals surface area contributed by atoms with Crippen molar-refractivity contribution in [1.82, 2.24) is 4.90 Å². The van der Waals surface area contributed by atoms with E-state index in [1.54, 1.807) is 21.0 Å². The molecule has 0 fully saturated rings. The van der Waals surface area contributed by atoms with E-state index in [9.17, 15) is 4.79 Å². The van der Waals surface area contributed by atoms with Gasteiger partial charge in [0, 0.05) is 20.7 Å². The first kappa shape index (κ1) is 18.1. The van der Waals surface area contributed by atoms with E-state index in [-0.39, 0.29) is 5.57 Å². The fourth-order valence-corrected chi connectivity index (χ4v) is 1.32. The molecular formula is C15H24N2O3. The molecule has 0 bridgehead atoms. The van der Waals surface area contributed by atoms with Crippen LogP contribution in [0.1, 0.15) is 20.8 Å². The Bertz CT molecular complexity index is 448. The molecular weight excluding hydrogens is 256 g/mol. The maximum absolute atomic E-state index is 11.0. The smallest absolute Gasteiger partial charge is 0.335 e. The summed E-state index contributed by atoms with van der Waals surface area (Å²) >= 11 is 0. The van der Waals surface area contributed by atoms with Crippen LogP contribution in [0.25, 0.3) is 0 Å². The van der Waals surface area contributed by atoms with Crippen molar-refractivity contribution in [1.29, 1.82) is 0 Å². The Hall–Kier alpha value is -1.88. The molecule has 5 heteroatoms. The average molecular weight is 280 g/mol. The summed E-state index contributed by atoms with van der Waals surface area (Å²) < 4.78 is 5.01. The lowest BCUT2D eigenvalue weighted by molar-refractivity contribution is -0.132. The Labute approximate surface area is 121 Å². The Balaban J connectivity index is 5.26. The van der Waals surface area contributed by atoms with Gasteiger partial charge in [-0.2, -0.15) is 0 Å². The second-order valence-electron chi connectivity index (χ2n) is 4.43. The number of aliphatic carboxylic acids is 1. The Morgan fingerprint density at radius 3 is 2.45 bits per heavy atom.